The number of methoxy groups -OCH3 is 1. The highest BCUT2D eigenvalue weighted by atomic mass is 32.2. The zero-order valence-electron chi connectivity index (χ0n) is 34.7. The molecule has 0 saturated carbocycles. The second-order valence-electron chi connectivity index (χ2n) is 14.9. The Labute approximate surface area is 362 Å². The molecule has 3 aromatic rings. The van der Waals surface area contributed by atoms with Gasteiger partial charge in [0.15, 0.2) is 5.78 Å². The molecule has 1 aromatic heterocycles. The summed E-state index contributed by atoms with van der Waals surface area (Å²) in [5, 5.41) is 48.6. The molecule has 8 N–H and O–H groups in total. The van der Waals surface area contributed by atoms with E-state index in [1.165, 1.54) is 37.1 Å². The molecule has 1 heterocycles. The molecule has 0 bridgehead atoms. The average molecular weight is 871 g/mol. The smallest absolute Gasteiger partial charge is 0.269 e. The number of phenolic OH excluding ortho intramolecular Hbond substituents is 2. The molecule has 0 fully saturated rings. The number of thioether (sulfide) groups is 1. The largest absolute Gasteiger partial charge is 0.507 e. The number of benzene rings is 2. The standard InChI is InChI=1S/C43H50N8O10S/c1-23(2)62-43-25(20-44)10-12-29(51-43)42(60)48-18-13-31(52)49-22-33(54)50-21-32(53)46-16-5-14-45-15-6-17-47-41(59)24-9-11-26-28(19-24)39(57)35-36(37(26)55)40(58)34-27(38(35)56)7-4-8-30(34)61-3/h4,7-8,10,12,23-24,45,55,57H,5-6,9,11,13-19,21-22H2,1-3H3,(H,46,53)(H,47,59)(H,48,60)(H,49,52)(H,50,54)/t24-/m0/s1. The fourth-order valence-corrected chi connectivity index (χ4v) is 7.92. The van der Waals surface area contributed by atoms with E-state index in [-0.39, 0.29) is 95.1 Å². The number of amides is 5. The molecule has 5 rings (SSSR count). The number of ketones is 2. The van der Waals surface area contributed by atoms with Gasteiger partial charge in [0.2, 0.25) is 29.4 Å². The van der Waals surface area contributed by atoms with Crippen LogP contribution in [0.25, 0.3) is 0 Å². The number of carbonyl (C=O) groups excluding carboxylic acids is 7. The number of fused-ring (bicyclic) bond motifs is 3. The number of nitrogens with one attached hydrogen (secondary N) is 6. The molecule has 328 valence electrons. The van der Waals surface area contributed by atoms with Crippen molar-refractivity contribution in [2.75, 3.05) is 52.9 Å². The number of aromatic hydroxyl groups is 2. The molecule has 2 aromatic carbocycles. The molecule has 0 radical (unpaired) electrons. The summed E-state index contributed by atoms with van der Waals surface area (Å²) in [4.78, 5) is 93.2. The Bertz CT molecular complexity index is 2290. The lowest BCUT2D eigenvalue weighted by Gasteiger charge is -2.29. The van der Waals surface area contributed by atoms with E-state index in [2.05, 4.69) is 43.0 Å². The second kappa shape index (κ2) is 21.8. The van der Waals surface area contributed by atoms with E-state index >= 15 is 0 Å². The van der Waals surface area contributed by atoms with E-state index in [4.69, 9.17) is 4.74 Å². The van der Waals surface area contributed by atoms with E-state index in [1.807, 2.05) is 13.8 Å². The Kier molecular flexibility index (Phi) is 16.4. The number of phenols is 2. The molecular formula is C43H50N8O10S. The highest BCUT2D eigenvalue weighted by molar-refractivity contribution is 7.99. The third kappa shape index (κ3) is 11.4. The first-order valence-corrected chi connectivity index (χ1v) is 21.1. The molecule has 0 saturated heterocycles. The van der Waals surface area contributed by atoms with Crippen LogP contribution < -0.4 is 36.6 Å². The highest BCUT2D eigenvalue weighted by Crippen LogP contribution is 2.47. The van der Waals surface area contributed by atoms with Crippen LogP contribution in [0, 0.1) is 17.2 Å². The molecule has 1 atom stereocenters. The minimum Gasteiger partial charge on any atom is -0.507 e. The lowest BCUT2D eigenvalue weighted by Crippen LogP contribution is -2.42. The zero-order chi connectivity index (χ0) is 44.9. The second-order valence-corrected chi connectivity index (χ2v) is 16.4. The number of carbonyl (C=O) groups is 7. The summed E-state index contributed by atoms with van der Waals surface area (Å²) in [6.07, 6.45) is 1.83. The van der Waals surface area contributed by atoms with Gasteiger partial charge in [0.1, 0.15) is 34.0 Å². The summed E-state index contributed by atoms with van der Waals surface area (Å²) < 4.78 is 5.29. The van der Waals surface area contributed by atoms with Gasteiger partial charge in [-0.15, -0.1) is 11.8 Å². The molecule has 0 spiro atoms. The maximum atomic E-state index is 13.5. The number of ether oxygens (including phenoxy) is 1. The lowest BCUT2D eigenvalue weighted by atomic mass is 9.75. The van der Waals surface area contributed by atoms with Gasteiger partial charge in [0.05, 0.1) is 42.5 Å². The summed E-state index contributed by atoms with van der Waals surface area (Å²) in [5.41, 5.74) is 0.706. The third-order valence-electron chi connectivity index (χ3n) is 10.2. The Hall–Kier alpha value is -6.52. The molecule has 0 aliphatic heterocycles. The minimum atomic E-state index is -0.613. The lowest BCUT2D eigenvalue weighted by molar-refractivity contribution is -0.127. The predicted octanol–water partition coefficient (Wildman–Crippen LogP) is 1.41. The van der Waals surface area contributed by atoms with Gasteiger partial charge in [-0.3, -0.25) is 33.6 Å². The van der Waals surface area contributed by atoms with Crippen LogP contribution in [0.5, 0.6) is 17.2 Å². The summed E-state index contributed by atoms with van der Waals surface area (Å²) in [5.74, 6) is -4.45. The number of rotatable bonds is 20. The summed E-state index contributed by atoms with van der Waals surface area (Å²) in [6.45, 7) is 5.17. The monoisotopic (exact) mass is 870 g/mol. The van der Waals surface area contributed by atoms with E-state index in [1.54, 1.807) is 12.1 Å². The van der Waals surface area contributed by atoms with Gasteiger partial charge >= 0.3 is 0 Å². The van der Waals surface area contributed by atoms with Gasteiger partial charge in [0, 0.05) is 53.9 Å². The van der Waals surface area contributed by atoms with Crippen molar-refractivity contribution in [3.63, 3.8) is 0 Å². The van der Waals surface area contributed by atoms with Gasteiger partial charge in [-0.05, 0) is 63.4 Å². The summed E-state index contributed by atoms with van der Waals surface area (Å²) in [6, 6.07) is 9.60. The van der Waals surface area contributed by atoms with Crippen LogP contribution in [-0.4, -0.2) is 114 Å². The topological polar surface area (TPSA) is 278 Å². The fraction of sp³-hybridized carbons (Fsp3) is 0.419. The summed E-state index contributed by atoms with van der Waals surface area (Å²) >= 11 is 1.36. The molecule has 19 heteroatoms. The molecular weight excluding hydrogens is 821 g/mol. The van der Waals surface area contributed by atoms with Gasteiger partial charge in [-0.1, -0.05) is 26.0 Å². The van der Waals surface area contributed by atoms with Crippen molar-refractivity contribution in [1.82, 2.24) is 36.9 Å². The van der Waals surface area contributed by atoms with Crippen molar-refractivity contribution in [3.05, 3.63) is 75.0 Å². The van der Waals surface area contributed by atoms with Crippen LogP contribution in [0.4, 0.5) is 0 Å². The van der Waals surface area contributed by atoms with Gasteiger partial charge in [-0.25, -0.2) is 4.98 Å². The van der Waals surface area contributed by atoms with Crippen LogP contribution in [0.1, 0.15) is 98.6 Å². The Morgan fingerprint density at radius 1 is 0.823 bits per heavy atom. The van der Waals surface area contributed by atoms with Crippen molar-refractivity contribution in [1.29, 1.82) is 5.26 Å². The van der Waals surface area contributed by atoms with Crippen molar-refractivity contribution >= 4 is 52.9 Å². The van der Waals surface area contributed by atoms with Crippen LogP contribution in [0.2, 0.25) is 0 Å². The predicted molar refractivity (Wildman–Crippen MR) is 226 cm³/mol. The van der Waals surface area contributed by atoms with Crippen LogP contribution >= 0.6 is 11.8 Å². The minimum absolute atomic E-state index is 0.00199. The van der Waals surface area contributed by atoms with E-state index in [0.29, 0.717) is 61.6 Å². The molecule has 5 amide bonds. The highest BCUT2D eigenvalue weighted by Gasteiger charge is 2.41. The van der Waals surface area contributed by atoms with Gasteiger partial charge in [0.25, 0.3) is 5.91 Å². The van der Waals surface area contributed by atoms with Crippen molar-refractivity contribution in [2.24, 2.45) is 5.92 Å². The SMILES string of the molecule is COc1cccc2c1C(=O)c1c(O)c3c(c(O)c1C2=O)C[C@@H](C(=O)NCCCNCCCNC(=O)CNC(=O)CNC(=O)CCNC(=O)c1ccc(C#N)c(SC(C)C)n1)CC3. The Morgan fingerprint density at radius 2 is 1.48 bits per heavy atom. The first-order chi connectivity index (χ1) is 29.7. The van der Waals surface area contributed by atoms with Crippen LogP contribution in [0.3, 0.4) is 0 Å². The van der Waals surface area contributed by atoms with Gasteiger partial charge < -0.3 is 46.9 Å². The maximum Gasteiger partial charge on any atom is 0.269 e. The Morgan fingerprint density at radius 3 is 2.18 bits per heavy atom. The third-order valence-corrected chi connectivity index (χ3v) is 11.2. The van der Waals surface area contributed by atoms with Crippen molar-refractivity contribution in [3.8, 4) is 23.3 Å². The summed E-state index contributed by atoms with van der Waals surface area (Å²) in [7, 11) is 1.38. The first-order valence-electron chi connectivity index (χ1n) is 20.3. The molecule has 62 heavy (non-hydrogen) atoms. The quantitative estimate of drug-likeness (QED) is 0.0355. The van der Waals surface area contributed by atoms with E-state index in [0.717, 1.165) is 0 Å². The number of hydrogen-bond acceptors (Lipinski definition) is 14. The number of pyridine rings is 1. The van der Waals surface area contributed by atoms with Crippen LogP contribution in [0.15, 0.2) is 35.4 Å². The Balaban J connectivity index is 0.907. The first kappa shape index (κ1) is 46.5. The molecule has 0 unspecified atom stereocenters. The molecule has 18 nitrogen and oxygen atoms in total. The number of hydrogen-bond donors (Lipinski definition) is 8. The van der Waals surface area contributed by atoms with Crippen LogP contribution in [-0.2, 0) is 32.0 Å². The van der Waals surface area contributed by atoms with E-state index in [9.17, 15) is 49.0 Å². The normalized spacial score (nSPS) is 13.8. The molecule has 2 aliphatic carbocycles. The number of nitrogens with zero attached hydrogens (tertiary/aromatic N) is 2. The molecule has 2 aliphatic rings. The zero-order valence-corrected chi connectivity index (χ0v) is 35.5. The van der Waals surface area contributed by atoms with Crippen molar-refractivity contribution in [2.45, 2.75) is 62.6 Å². The van der Waals surface area contributed by atoms with Crippen molar-refractivity contribution < 1.29 is 48.5 Å². The van der Waals surface area contributed by atoms with E-state index < -0.39 is 46.9 Å². The maximum absolute atomic E-state index is 13.5. The fourth-order valence-electron chi connectivity index (χ4n) is 7.08. The van der Waals surface area contributed by atoms with Gasteiger partial charge in [-0.2, -0.15) is 5.26 Å². The average Bonchev–Trinajstić information content (AvgIpc) is 3.26. The number of nitriles is 1. The number of aromatic nitrogens is 1.